The van der Waals surface area contributed by atoms with Gasteiger partial charge in [-0.05, 0) is 68.0 Å². The molecule has 0 saturated heterocycles. The Morgan fingerprint density at radius 2 is 1.79 bits per heavy atom. The lowest BCUT2D eigenvalue weighted by atomic mass is 9.92. The number of nitriles is 1. The fourth-order valence-electron chi connectivity index (χ4n) is 2.84. The molecule has 1 heterocycles. The third-order valence-corrected chi connectivity index (χ3v) is 4.02. The zero-order valence-corrected chi connectivity index (χ0v) is 15.0. The van der Waals surface area contributed by atoms with Crippen molar-refractivity contribution in [3.05, 3.63) is 50.9 Å². The van der Waals surface area contributed by atoms with Crippen LogP contribution in [0.2, 0.25) is 0 Å². The first-order valence-corrected chi connectivity index (χ1v) is 8.22. The van der Waals surface area contributed by atoms with E-state index in [1.54, 1.807) is 0 Å². The molecular formula is C20H24N2O2. The highest BCUT2D eigenvalue weighted by molar-refractivity contribution is 5.76. The third kappa shape index (κ3) is 3.86. The third-order valence-electron chi connectivity index (χ3n) is 4.02. The Morgan fingerprint density at radius 1 is 1.17 bits per heavy atom. The summed E-state index contributed by atoms with van der Waals surface area (Å²) >= 11 is 0. The number of aryl methyl sites for hydroxylation is 3. The molecule has 0 bridgehead atoms. The van der Waals surface area contributed by atoms with Gasteiger partial charge in [-0.1, -0.05) is 13.8 Å². The van der Waals surface area contributed by atoms with E-state index in [0.717, 1.165) is 34.6 Å². The summed E-state index contributed by atoms with van der Waals surface area (Å²) in [5.41, 5.74) is 4.15. The largest absolute Gasteiger partial charge is 0.494 e. The van der Waals surface area contributed by atoms with E-state index >= 15 is 0 Å². The van der Waals surface area contributed by atoms with E-state index in [4.69, 9.17) is 4.74 Å². The van der Waals surface area contributed by atoms with E-state index in [9.17, 15) is 10.1 Å². The van der Waals surface area contributed by atoms with Crippen molar-refractivity contribution in [2.75, 3.05) is 6.61 Å². The van der Waals surface area contributed by atoms with Gasteiger partial charge in [-0.3, -0.25) is 4.79 Å². The van der Waals surface area contributed by atoms with Gasteiger partial charge in [0.15, 0.2) is 0 Å². The van der Waals surface area contributed by atoms with Gasteiger partial charge in [0, 0.05) is 11.3 Å². The number of rotatable bonds is 5. The molecule has 1 aromatic carbocycles. The number of benzene rings is 1. The predicted molar refractivity (Wildman–Crippen MR) is 96.4 cm³/mol. The monoisotopic (exact) mass is 324 g/mol. The maximum absolute atomic E-state index is 12.1. The fraction of sp³-hybridized carbons (Fsp3) is 0.400. The number of aromatic nitrogens is 1. The smallest absolute Gasteiger partial charge is 0.266 e. The molecule has 2 rings (SSSR count). The molecule has 0 fully saturated rings. The fourth-order valence-corrected chi connectivity index (χ4v) is 2.84. The van der Waals surface area contributed by atoms with Crippen LogP contribution in [0.3, 0.4) is 0 Å². The number of nitrogens with zero attached hydrogens (tertiary/aromatic N) is 1. The lowest BCUT2D eigenvalue weighted by Crippen LogP contribution is -2.13. The van der Waals surface area contributed by atoms with E-state index in [2.05, 4.69) is 18.8 Å². The van der Waals surface area contributed by atoms with Crippen LogP contribution in [0.5, 0.6) is 5.75 Å². The second-order valence-corrected chi connectivity index (χ2v) is 6.65. The van der Waals surface area contributed by atoms with Crippen molar-refractivity contribution in [3.63, 3.8) is 0 Å². The first-order valence-electron chi connectivity index (χ1n) is 8.22. The molecule has 0 aliphatic carbocycles. The summed E-state index contributed by atoms with van der Waals surface area (Å²) in [6.07, 6.45) is 1.01. The van der Waals surface area contributed by atoms with Crippen molar-refractivity contribution in [1.82, 2.24) is 4.98 Å². The second-order valence-electron chi connectivity index (χ2n) is 6.65. The predicted octanol–water partition coefficient (Wildman–Crippen LogP) is 4.26. The van der Waals surface area contributed by atoms with E-state index in [1.807, 2.05) is 45.0 Å². The van der Waals surface area contributed by atoms with Crippen LogP contribution in [0, 0.1) is 38.0 Å². The number of pyridine rings is 1. The van der Waals surface area contributed by atoms with Crippen LogP contribution < -0.4 is 10.3 Å². The summed E-state index contributed by atoms with van der Waals surface area (Å²) in [7, 11) is 0. The highest BCUT2D eigenvalue weighted by Crippen LogP contribution is 2.32. The molecule has 0 spiro atoms. The molecule has 1 N–H and O–H groups in total. The molecule has 24 heavy (non-hydrogen) atoms. The molecule has 1 aromatic heterocycles. The minimum atomic E-state index is -0.344. The van der Waals surface area contributed by atoms with Crippen molar-refractivity contribution in [2.45, 2.75) is 41.0 Å². The van der Waals surface area contributed by atoms with Gasteiger partial charge in [0.05, 0.1) is 6.61 Å². The molecular weight excluding hydrogens is 300 g/mol. The summed E-state index contributed by atoms with van der Waals surface area (Å²) in [6.45, 7) is 10.8. The van der Waals surface area contributed by atoms with E-state index in [-0.39, 0.29) is 11.1 Å². The molecule has 0 aliphatic rings. The first kappa shape index (κ1) is 17.8. The number of ether oxygens (including phenoxy) is 1. The van der Waals surface area contributed by atoms with E-state index in [1.165, 1.54) is 0 Å². The summed E-state index contributed by atoms with van der Waals surface area (Å²) < 4.78 is 5.84. The Labute approximate surface area is 143 Å². The maximum Gasteiger partial charge on any atom is 0.266 e. The second kappa shape index (κ2) is 7.35. The molecule has 0 amide bonds. The number of H-pyrrole nitrogens is 1. The number of hydrogen-bond acceptors (Lipinski definition) is 3. The highest BCUT2D eigenvalue weighted by Gasteiger charge is 2.15. The Balaban J connectivity index is 2.47. The summed E-state index contributed by atoms with van der Waals surface area (Å²) in [4.78, 5) is 14.7. The molecule has 4 nitrogen and oxygen atoms in total. The van der Waals surface area contributed by atoms with Crippen molar-refractivity contribution in [2.24, 2.45) is 5.92 Å². The molecule has 0 atom stereocenters. The lowest BCUT2D eigenvalue weighted by Gasteiger charge is -2.15. The number of aromatic amines is 1. The molecule has 126 valence electrons. The van der Waals surface area contributed by atoms with Gasteiger partial charge in [0.2, 0.25) is 0 Å². The van der Waals surface area contributed by atoms with Crippen molar-refractivity contribution in [1.29, 1.82) is 5.26 Å². The SMILES string of the molecule is Cc1cc(-c2c(C)cc(OCCC(C)C)cc2C)c(C#N)c(=O)[nH]1. The van der Waals surface area contributed by atoms with E-state index < -0.39 is 0 Å². The Bertz CT molecular complexity index is 819. The molecule has 0 saturated carbocycles. The van der Waals surface area contributed by atoms with Gasteiger partial charge in [-0.15, -0.1) is 0 Å². The van der Waals surface area contributed by atoms with Crippen molar-refractivity contribution >= 4 is 0 Å². The van der Waals surface area contributed by atoms with Crippen LogP contribution >= 0.6 is 0 Å². The molecule has 4 heteroatoms. The van der Waals surface area contributed by atoms with Crippen LogP contribution in [0.1, 0.15) is 42.7 Å². The summed E-state index contributed by atoms with van der Waals surface area (Å²) in [5.74, 6) is 1.43. The van der Waals surface area contributed by atoms with Crippen LogP contribution in [0.25, 0.3) is 11.1 Å². The average Bonchev–Trinajstić information content (AvgIpc) is 2.45. The number of hydrogen-bond donors (Lipinski definition) is 1. The average molecular weight is 324 g/mol. The van der Waals surface area contributed by atoms with Gasteiger partial charge in [-0.2, -0.15) is 5.26 Å². The van der Waals surface area contributed by atoms with Crippen LogP contribution in [0.4, 0.5) is 0 Å². The van der Waals surface area contributed by atoms with Gasteiger partial charge >= 0.3 is 0 Å². The van der Waals surface area contributed by atoms with Gasteiger partial charge in [-0.25, -0.2) is 0 Å². The minimum Gasteiger partial charge on any atom is -0.494 e. The van der Waals surface area contributed by atoms with Gasteiger partial charge in [0.25, 0.3) is 5.56 Å². The minimum absolute atomic E-state index is 0.153. The lowest BCUT2D eigenvalue weighted by molar-refractivity contribution is 0.289. The molecule has 0 aliphatic heterocycles. The quantitative estimate of drug-likeness (QED) is 0.893. The van der Waals surface area contributed by atoms with E-state index in [0.29, 0.717) is 18.1 Å². The van der Waals surface area contributed by atoms with Crippen LogP contribution in [0.15, 0.2) is 23.0 Å². The van der Waals surface area contributed by atoms with Crippen molar-refractivity contribution < 1.29 is 4.74 Å². The normalized spacial score (nSPS) is 10.7. The Kier molecular flexibility index (Phi) is 5.46. The van der Waals surface area contributed by atoms with Crippen LogP contribution in [-0.2, 0) is 0 Å². The molecule has 0 radical (unpaired) electrons. The zero-order chi connectivity index (χ0) is 17.9. The Morgan fingerprint density at radius 3 is 2.33 bits per heavy atom. The highest BCUT2D eigenvalue weighted by atomic mass is 16.5. The summed E-state index contributed by atoms with van der Waals surface area (Å²) in [6, 6.07) is 7.83. The van der Waals surface area contributed by atoms with Crippen LogP contribution in [-0.4, -0.2) is 11.6 Å². The Hall–Kier alpha value is -2.54. The van der Waals surface area contributed by atoms with Crippen molar-refractivity contribution in [3.8, 4) is 22.9 Å². The maximum atomic E-state index is 12.1. The standard InChI is InChI=1S/C20H24N2O2/c1-12(2)6-7-24-16-8-13(3)19(14(4)9-16)17-10-15(5)22-20(23)18(17)11-21/h8-10,12H,6-7H2,1-5H3,(H,22,23). The molecule has 2 aromatic rings. The zero-order valence-electron chi connectivity index (χ0n) is 15.0. The van der Waals surface area contributed by atoms with Gasteiger partial charge in [0.1, 0.15) is 17.4 Å². The topological polar surface area (TPSA) is 65.9 Å². The number of nitrogens with one attached hydrogen (secondary N) is 1. The van der Waals surface area contributed by atoms with Gasteiger partial charge < -0.3 is 9.72 Å². The molecule has 0 unspecified atom stereocenters. The summed E-state index contributed by atoms with van der Waals surface area (Å²) in [5, 5.41) is 9.36. The first-order chi connectivity index (χ1) is 11.3.